The molecule has 0 bridgehead atoms. The van der Waals surface area contributed by atoms with E-state index >= 15 is 0 Å². The van der Waals surface area contributed by atoms with Gasteiger partial charge in [-0.2, -0.15) is 0 Å². The lowest BCUT2D eigenvalue weighted by Crippen LogP contribution is -2.29. The van der Waals surface area contributed by atoms with E-state index in [2.05, 4.69) is 0 Å². The van der Waals surface area contributed by atoms with Crippen molar-refractivity contribution in [3.8, 4) is 0 Å². The summed E-state index contributed by atoms with van der Waals surface area (Å²) in [7, 11) is 0. The fourth-order valence-electron chi connectivity index (χ4n) is 2.43. The molecular weight excluding hydrogens is 370 g/mol. The predicted molar refractivity (Wildman–Crippen MR) is 105 cm³/mol. The molecule has 0 radical (unpaired) electrons. The largest absolute Gasteiger partial charge is 0.481 e. The van der Waals surface area contributed by atoms with Crippen molar-refractivity contribution in [2.45, 2.75) is 51.7 Å². The number of carbonyl (C=O) groups is 3. The molecule has 0 aromatic heterocycles. The minimum Gasteiger partial charge on any atom is -0.481 e. The Kier molecular flexibility index (Phi) is 13.0. The van der Waals surface area contributed by atoms with Crippen LogP contribution < -0.4 is 5.48 Å². The van der Waals surface area contributed by atoms with Gasteiger partial charge >= 0.3 is 11.9 Å². The van der Waals surface area contributed by atoms with Gasteiger partial charge in [-0.15, -0.1) is 11.8 Å². The molecule has 1 aromatic carbocycles. The summed E-state index contributed by atoms with van der Waals surface area (Å²) in [6.07, 6.45) is 1.86. The number of rotatable bonds is 11. The standard InChI is InChI=1S/C17H23NO6S.C2H6/c1-2-14(15(19)18-24)25-8-4-7-13(17(22)23)10-11-5-3-6-12(9-11)16(20)21;1-2/h3,5-6,9,13-14,24H,2,4,7-8,10H2,1H3,(H,18,19)(H,20,21)(H,22,23);1-2H3. The number of aliphatic carboxylic acids is 1. The summed E-state index contributed by atoms with van der Waals surface area (Å²) >= 11 is 1.38. The van der Waals surface area contributed by atoms with Crippen LogP contribution in [0.1, 0.15) is 56.0 Å². The molecule has 1 rings (SSSR count). The zero-order valence-corrected chi connectivity index (χ0v) is 16.8. The number of benzene rings is 1. The van der Waals surface area contributed by atoms with Crippen LogP contribution >= 0.6 is 11.8 Å². The van der Waals surface area contributed by atoms with Crippen molar-refractivity contribution in [2.75, 3.05) is 5.75 Å². The average Bonchev–Trinajstić information content (AvgIpc) is 2.68. The van der Waals surface area contributed by atoms with Crippen LogP contribution in [-0.4, -0.2) is 44.3 Å². The average molecular weight is 400 g/mol. The van der Waals surface area contributed by atoms with Crippen LogP contribution in [0.3, 0.4) is 0 Å². The number of carboxylic acids is 2. The first-order chi connectivity index (χ1) is 12.9. The Hall–Kier alpha value is -2.06. The summed E-state index contributed by atoms with van der Waals surface area (Å²) in [5, 5.41) is 26.7. The smallest absolute Gasteiger partial charge is 0.335 e. The van der Waals surface area contributed by atoms with Crippen LogP contribution in [0.25, 0.3) is 0 Å². The molecule has 0 spiro atoms. The van der Waals surface area contributed by atoms with Gasteiger partial charge in [0.2, 0.25) is 0 Å². The molecule has 27 heavy (non-hydrogen) atoms. The first-order valence-electron chi connectivity index (χ1n) is 8.99. The van der Waals surface area contributed by atoms with Gasteiger partial charge < -0.3 is 10.2 Å². The summed E-state index contributed by atoms with van der Waals surface area (Å²) in [6.45, 7) is 5.84. The van der Waals surface area contributed by atoms with Gasteiger partial charge in [-0.25, -0.2) is 10.3 Å². The van der Waals surface area contributed by atoms with E-state index in [-0.39, 0.29) is 17.2 Å². The van der Waals surface area contributed by atoms with E-state index in [0.717, 1.165) is 0 Å². The van der Waals surface area contributed by atoms with E-state index in [1.54, 1.807) is 17.6 Å². The van der Waals surface area contributed by atoms with E-state index < -0.39 is 23.8 Å². The molecule has 0 fully saturated rings. The van der Waals surface area contributed by atoms with Gasteiger partial charge in [0.15, 0.2) is 0 Å². The Labute approximate surface area is 164 Å². The molecule has 2 atom stereocenters. The SMILES string of the molecule is CC.CCC(SCCCC(Cc1cccc(C(=O)O)c1)C(=O)O)C(=O)NO. The lowest BCUT2D eigenvalue weighted by Gasteiger charge is -2.15. The Balaban J connectivity index is 0.00000326. The quantitative estimate of drug-likeness (QED) is 0.255. The minimum absolute atomic E-state index is 0.137. The Morgan fingerprint density at radius 1 is 1.19 bits per heavy atom. The molecule has 0 aliphatic rings. The second-order valence-electron chi connectivity index (χ2n) is 5.63. The van der Waals surface area contributed by atoms with Crippen molar-refractivity contribution in [3.63, 3.8) is 0 Å². The molecule has 2 unspecified atom stereocenters. The van der Waals surface area contributed by atoms with Crippen molar-refractivity contribution >= 4 is 29.6 Å². The Bertz CT molecular complexity index is 608. The second kappa shape index (κ2) is 14.1. The number of hydroxylamine groups is 1. The summed E-state index contributed by atoms with van der Waals surface area (Å²) in [5.74, 6) is -2.43. The summed E-state index contributed by atoms with van der Waals surface area (Å²) < 4.78 is 0. The third kappa shape index (κ3) is 9.44. The summed E-state index contributed by atoms with van der Waals surface area (Å²) in [6, 6.07) is 6.28. The first kappa shape index (κ1) is 24.9. The first-order valence-corrected chi connectivity index (χ1v) is 10.0. The number of hydrogen-bond acceptors (Lipinski definition) is 5. The number of amides is 1. The van der Waals surface area contributed by atoms with Gasteiger partial charge in [0, 0.05) is 0 Å². The maximum absolute atomic E-state index is 11.4. The Morgan fingerprint density at radius 2 is 1.85 bits per heavy atom. The maximum Gasteiger partial charge on any atom is 0.335 e. The number of thioether (sulfide) groups is 1. The van der Waals surface area contributed by atoms with Crippen LogP contribution in [0, 0.1) is 5.92 Å². The summed E-state index contributed by atoms with van der Waals surface area (Å²) in [5.41, 5.74) is 2.44. The molecule has 1 amide bonds. The fourth-order valence-corrected chi connectivity index (χ4v) is 3.49. The fraction of sp³-hybridized carbons (Fsp3) is 0.526. The predicted octanol–water partition coefficient (Wildman–Crippen LogP) is 3.45. The molecule has 4 N–H and O–H groups in total. The van der Waals surface area contributed by atoms with E-state index in [1.807, 2.05) is 20.8 Å². The minimum atomic E-state index is -1.04. The van der Waals surface area contributed by atoms with Gasteiger partial charge in [0.05, 0.1) is 16.7 Å². The van der Waals surface area contributed by atoms with Crippen molar-refractivity contribution in [3.05, 3.63) is 35.4 Å². The van der Waals surface area contributed by atoms with E-state index in [9.17, 15) is 19.5 Å². The molecule has 8 heteroatoms. The highest BCUT2D eigenvalue weighted by molar-refractivity contribution is 8.00. The zero-order valence-electron chi connectivity index (χ0n) is 16.0. The second-order valence-corrected chi connectivity index (χ2v) is 6.94. The molecule has 1 aromatic rings. The monoisotopic (exact) mass is 399 g/mol. The number of hydrogen-bond donors (Lipinski definition) is 4. The van der Waals surface area contributed by atoms with Crippen molar-refractivity contribution in [1.82, 2.24) is 5.48 Å². The van der Waals surface area contributed by atoms with Gasteiger partial charge in [0.25, 0.3) is 5.91 Å². The number of carboxylic acid groups (broad SMARTS) is 2. The van der Waals surface area contributed by atoms with E-state index in [4.69, 9.17) is 10.3 Å². The third-order valence-corrected chi connectivity index (χ3v) is 5.27. The van der Waals surface area contributed by atoms with Crippen LogP contribution in [0.4, 0.5) is 0 Å². The number of carbonyl (C=O) groups excluding carboxylic acids is 1. The van der Waals surface area contributed by atoms with Gasteiger partial charge in [-0.3, -0.25) is 14.8 Å². The lowest BCUT2D eigenvalue weighted by atomic mass is 9.94. The van der Waals surface area contributed by atoms with Gasteiger partial charge in [-0.05, 0) is 49.1 Å². The highest BCUT2D eigenvalue weighted by atomic mass is 32.2. The van der Waals surface area contributed by atoms with Crippen LogP contribution in [0.5, 0.6) is 0 Å². The molecular formula is C19H29NO6S. The van der Waals surface area contributed by atoms with Crippen molar-refractivity contribution in [2.24, 2.45) is 5.92 Å². The normalized spacial score (nSPS) is 12.3. The van der Waals surface area contributed by atoms with Crippen molar-refractivity contribution < 1.29 is 29.8 Å². The van der Waals surface area contributed by atoms with Crippen LogP contribution in [0.15, 0.2) is 24.3 Å². The summed E-state index contributed by atoms with van der Waals surface area (Å²) in [4.78, 5) is 33.8. The highest BCUT2D eigenvalue weighted by Crippen LogP contribution is 2.21. The van der Waals surface area contributed by atoms with Crippen LogP contribution in [-0.2, 0) is 16.0 Å². The van der Waals surface area contributed by atoms with E-state index in [1.165, 1.54) is 23.9 Å². The van der Waals surface area contributed by atoms with Crippen molar-refractivity contribution in [1.29, 1.82) is 0 Å². The van der Waals surface area contributed by atoms with Gasteiger partial charge in [-0.1, -0.05) is 32.9 Å². The topological polar surface area (TPSA) is 124 Å². The highest BCUT2D eigenvalue weighted by Gasteiger charge is 2.20. The maximum atomic E-state index is 11.4. The molecule has 0 heterocycles. The third-order valence-electron chi connectivity index (χ3n) is 3.79. The van der Waals surface area contributed by atoms with E-state index in [0.29, 0.717) is 30.6 Å². The van der Waals surface area contributed by atoms with Crippen LogP contribution in [0.2, 0.25) is 0 Å². The molecule has 0 saturated heterocycles. The molecule has 7 nitrogen and oxygen atoms in total. The molecule has 152 valence electrons. The molecule has 0 saturated carbocycles. The lowest BCUT2D eigenvalue weighted by molar-refractivity contribution is -0.142. The number of nitrogens with one attached hydrogen (secondary N) is 1. The molecule has 0 aliphatic carbocycles. The molecule has 0 aliphatic heterocycles. The number of aromatic carboxylic acids is 1. The zero-order chi connectivity index (χ0) is 20.8. The van der Waals surface area contributed by atoms with Gasteiger partial charge in [0.1, 0.15) is 0 Å². The Morgan fingerprint density at radius 3 is 2.37 bits per heavy atom.